The van der Waals surface area contributed by atoms with Crippen LogP contribution in [0.4, 0.5) is 13.2 Å². The second-order valence-electron chi connectivity index (χ2n) is 5.15. The van der Waals surface area contributed by atoms with Gasteiger partial charge in [-0.15, -0.1) is 0 Å². The maximum atomic E-state index is 14.2. The third kappa shape index (κ3) is 2.41. The van der Waals surface area contributed by atoms with Gasteiger partial charge in [-0.25, -0.2) is 13.2 Å². The average molecular weight is 302 g/mol. The van der Waals surface area contributed by atoms with Crippen LogP contribution in [-0.2, 0) is 6.42 Å². The van der Waals surface area contributed by atoms with Crippen LogP contribution in [-0.4, -0.2) is 5.11 Å². The molecule has 0 amide bonds. The number of fused-ring (bicyclic) bond motifs is 1. The fourth-order valence-corrected chi connectivity index (χ4v) is 2.55. The van der Waals surface area contributed by atoms with Crippen LogP contribution in [0, 0.1) is 17.5 Å². The molecule has 1 N–H and O–H groups in total. The Kier molecular flexibility index (Phi) is 3.53. The van der Waals surface area contributed by atoms with Crippen molar-refractivity contribution in [1.82, 2.24) is 0 Å². The van der Waals surface area contributed by atoms with E-state index in [2.05, 4.69) is 0 Å². The summed E-state index contributed by atoms with van der Waals surface area (Å²) in [5.41, 5.74) is 0.435. The number of aryl methyl sites for hydroxylation is 1. The summed E-state index contributed by atoms with van der Waals surface area (Å²) in [6.07, 6.45) is 0.513. The first-order chi connectivity index (χ1) is 10.5. The third-order valence-corrected chi connectivity index (χ3v) is 3.69. The largest absolute Gasteiger partial charge is 0.508 e. The van der Waals surface area contributed by atoms with Gasteiger partial charge in [0.2, 0.25) is 0 Å². The number of benzene rings is 3. The first kappa shape index (κ1) is 14.4. The number of rotatable bonds is 2. The zero-order valence-corrected chi connectivity index (χ0v) is 11.8. The van der Waals surface area contributed by atoms with Crippen LogP contribution in [0.15, 0.2) is 42.5 Å². The van der Waals surface area contributed by atoms with Crippen molar-refractivity contribution in [1.29, 1.82) is 0 Å². The van der Waals surface area contributed by atoms with Gasteiger partial charge in [0.1, 0.15) is 23.2 Å². The van der Waals surface area contributed by atoms with Gasteiger partial charge in [-0.05, 0) is 59.3 Å². The molecule has 0 heterocycles. The quantitative estimate of drug-likeness (QED) is 0.690. The van der Waals surface area contributed by atoms with E-state index >= 15 is 0 Å². The predicted octanol–water partition coefficient (Wildman–Crippen LogP) is 5.19. The topological polar surface area (TPSA) is 20.2 Å². The molecule has 22 heavy (non-hydrogen) atoms. The molecule has 0 radical (unpaired) electrons. The fourth-order valence-electron chi connectivity index (χ4n) is 2.55. The van der Waals surface area contributed by atoms with Crippen LogP contribution in [0.5, 0.6) is 5.75 Å². The molecule has 0 atom stereocenters. The summed E-state index contributed by atoms with van der Waals surface area (Å²) in [5, 5.41) is 10.1. The summed E-state index contributed by atoms with van der Waals surface area (Å²) in [5.74, 6) is -2.13. The summed E-state index contributed by atoms with van der Waals surface area (Å²) in [7, 11) is 0. The highest BCUT2D eigenvalue weighted by Gasteiger charge is 2.15. The van der Waals surface area contributed by atoms with E-state index in [1.807, 2.05) is 0 Å². The van der Waals surface area contributed by atoms with Crippen molar-refractivity contribution in [3.8, 4) is 16.9 Å². The van der Waals surface area contributed by atoms with Gasteiger partial charge >= 0.3 is 0 Å². The smallest absolute Gasteiger partial charge is 0.134 e. The van der Waals surface area contributed by atoms with E-state index in [0.29, 0.717) is 17.4 Å². The van der Waals surface area contributed by atoms with Crippen molar-refractivity contribution >= 4 is 10.8 Å². The van der Waals surface area contributed by atoms with E-state index in [1.165, 1.54) is 36.4 Å². The molecule has 0 bridgehead atoms. The van der Waals surface area contributed by atoms with E-state index < -0.39 is 17.5 Å². The molecule has 3 aromatic carbocycles. The lowest BCUT2D eigenvalue weighted by molar-refractivity contribution is 0.476. The van der Waals surface area contributed by atoms with Crippen LogP contribution < -0.4 is 0 Å². The maximum absolute atomic E-state index is 14.2. The Balaban J connectivity index is 2.25. The van der Waals surface area contributed by atoms with Crippen LogP contribution in [0.2, 0.25) is 0 Å². The molecule has 0 aliphatic carbocycles. The molecule has 3 aromatic rings. The Hall–Kier alpha value is -2.49. The predicted molar refractivity (Wildman–Crippen MR) is 80.3 cm³/mol. The first-order valence-electron chi connectivity index (χ1n) is 6.90. The Morgan fingerprint density at radius 3 is 2.18 bits per heavy atom. The maximum Gasteiger partial charge on any atom is 0.134 e. The zero-order chi connectivity index (χ0) is 15.9. The number of halogens is 3. The normalized spacial score (nSPS) is 11.1. The standard InChI is InChI=1S/C18H13F3O/c1-2-10-5-16(20)18(17(21)6-10)12-7-11-3-4-13(22)9-14(11)15(19)8-12/h3-9,22H,2H2,1H3. The van der Waals surface area contributed by atoms with Crippen molar-refractivity contribution in [3.63, 3.8) is 0 Å². The molecule has 112 valence electrons. The Morgan fingerprint density at radius 2 is 1.55 bits per heavy atom. The Labute approximate surface area is 125 Å². The van der Waals surface area contributed by atoms with Gasteiger partial charge in [0, 0.05) is 5.39 Å². The third-order valence-electron chi connectivity index (χ3n) is 3.69. The van der Waals surface area contributed by atoms with Crippen molar-refractivity contribution in [3.05, 3.63) is 65.5 Å². The van der Waals surface area contributed by atoms with Gasteiger partial charge in [-0.2, -0.15) is 0 Å². The monoisotopic (exact) mass is 302 g/mol. The minimum Gasteiger partial charge on any atom is -0.508 e. The summed E-state index contributed by atoms with van der Waals surface area (Å²) < 4.78 is 42.5. The molecule has 0 aliphatic rings. The minimum absolute atomic E-state index is 0.0659. The van der Waals surface area contributed by atoms with Gasteiger partial charge in [0.05, 0.1) is 5.56 Å². The van der Waals surface area contributed by atoms with Gasteiger partial charge in [0.15, 0.2) is 0 Å². The van der Waals surface area contributed by atoms with Crippen molar-refractivity contribution in [2.24, 2.45) is 0 Å². The van der Waals surface area contributed by atoms with Crippen molar-refractivity contribution in [2.75, 3.05) is 0 Å². The lowest BCUT2D eigenvalue weighted by atomic mass is 9.98. The Morgan fingerprint density at radius 1 is 0.864 bits per heavy atom. The minimum atomic E-state index is -0.714. The lowest BCUT2D eigenvalue weighted by Gasteiger charge is -2.10. The second kappa shape index (κ2) is 5.37. The first-order valence-corrected chi connectivity index (χ1v) is 6.90. The lowest BCUT2D eigenvalue weighted by Crippen LogP contribution is -1.95. The van der Waals surface area contributed by atoms with E-state index in [0.717, 1.165) is 6.07 Å². The number of phenolic OH excluding ortho intramolecular Hbond substituents is 1. The highest BCUT2D eigenvalue weighted by Crippen LogP contribution is 2.32. The van der Waals surface area contributed by atoms with E-state index in [4.69, 9.17) is 0 Å². The summed E-state index contributed by atoms with van der Waals surface area (Å²) in [6, 6.07) is 9.29. The summed E-state index contributed by atoms with van der Waals surface area (Å²) in [6.45, 7) is 1.80. The van der Waals surface area contributed by atoms with Gasteiger partial charge in [-0.1, -0.05) is 13.0 Å². The fraction of sp³-hybridized carbons (Fsp3) is 0.111. The van der Waals surface area contributed by atoms with Crippen LogP contribution in [0.1, 0.15) is 12.5 Å². The second-order valence-corrected chi connectivity index (χ2v) is 5.15. The van der Waals surface area contributed by atoms with Gasteiger partial charge in [0.25, 0.3) is 0 Å². The van der Waals surface area contributed by atoms with E-state index in [-0.39, 0.29) is 22.3 Å². The average Bonchev–Trinajstić information content (AvgIpc) is 2.47. The molecule has 4 heteroatoms. The molecule has 0 aliphatic heterocycles. The van der Waals surface area contributed by atoms with Gasteiger partial charge < -0.3 is 5.11 Å². The zero-order valence-electron chi connectivity index (χ0n) is 11.8. The molecule has 0 unspecified atom stereocenters. The summed E-state index contributed by atoms with van der Waals surface area (Å²) >= 11 is 0. The molecule has 0 spiro atoms. The molecule has 0 saturated heterocycles. The van der Waals surface area contributed by atoms with Crippen LogP contribution in [0.25, 0.3) is 21.9 Å². The molecule has 0 aromatic heterocycles. The number of hydrogen-bond acceptors (Lipinski definition) is 1. The van der Waals surface area contributed by atoms with Crippen LogP contribution >= 0.6 is 0 Å². The molecular weight excluding hydrogens is 289 g/mol. The molecule has 3 rings (SSSR count). The Bertz CT molecular complexity index is 849. The van der Waals surface area contributed by atoms with E-state index in [1.54, 1.807) is 6.92 Å². The molecule has 1 nitrogen and oxygen atoms in total. The summed E-state index contributed by atoms with van der Waals surface area (Å²) in [4.78, 5) is 0. The molecule has 0 saturated carbocycles. The van der Waals surface area contributed by atoms with Crippen molar-refractivity contribution < 1.29 is 18.3 Å². The highest BCUT2D eigenvalue weighted by molar-refractivity contribution is 5.89. The number of hydrogen-bond donors (Lipinski definition) is 1. The van der Waals surface area contributed by atoms with E-state index in [9.17, 15) is 18.3 Å². The molecular formula is C18H13F3O. The molecule has 0 fully saturated rings. The SMILES string of the molecule is CCc1cc(F)c(-c2cc(F)c3cc(O)ccc3c2)c(F)c1. The van der Waals surface area contributed by atoms with Gasteiger partial charge in [-0.3, -0.25) is 0 Å². The van der Waals surface area contributed by atoms with Crippen LogP contribution in [0.3, 0.4) is 0 Å². The number of phenols is 1. The van der Waals surface area contributed by atoms with Crippen molar-refractivity contribution in [2.45, 2.75) is 13.3 Å². The number of aromatic hydroxyl groups is 1. The highest BCUT2D eigenvalue weighted by atomic mass is 19.1.